The molecular formula is C14H23N5O2. The number of hydrogen-bond acceptors (Lipinski definition) is 4. The Hall–Kier alpha value is -1.63. The molecule has 1 fully saturated rings. The number of urea groups is 1. The Morgan fingerprint density at radius 3 is 2.86 bits per heavy atom. The van der Waals surface area contributed by atoms with E-state index in [1.165, 1.54) is 0 Å². The van der Waals surface area contributed by atoms with Crippen molar-refractivity contribution in [2.24, 2.45) is 0 Å². The first-order chi connectivity index (χ1) is 10.2. The summed E-state index contributed by atoms with van der Waals surface area (Å²) in [6.45, 7) is 4.01. The van der Waals surface area contributed by atoms with Crippen LogP contribution in [0.5, 0.6) is 0 Å². The summed E-state index contributed by atoms with van der Waals surface area (Å²) in [7, 11) is 0. The standard InChI is InChI=1S/C14H23N5O2/c1-2-12-16-13-4-3-10(9-19(13)17-12)15-14(21)18-7-5-11(20)6-8-18/h10-11,20H,2-9H2,1H3,(H,15,21). The third-order valence-electron chi connectivity index (χ3n) is 4.30. The van der Waals surface area contributed by atoms with Gasteiger partial charge < -0.3 is 15.3 Å². The van der Waals surface area contributed by atoms with Crippen LogP contribution in [0.1, 0.15) is 37.8 Å². The lowest BCUT2D eigenvalue weighted by Gasteiger charge is -2.32. The number of aromatic nitrogens is 3. The van der Waals surface area contributed by atoms with Crippen LogP contribution in [-0.2, 0) is 19.4 Å². The van der Waals surface area contributed by atoms with E-state index in [-0.39, 0.29) is 18.2 Å². The van der Waals surface area contributed by atoms with Crippen molar-refractivity contribution in [3.63, 3.8) is 0 Å². The van der Waals surface area contributed by atoms with Crippen LogP contribution in [0.15, 0.2) is 0 Å². The number of aliphatic hydroxyl groups is 1. The number of rotatable bonds is 2. The van der Waals surface area contributed by atoms with Crippen LogP contribution in [0.25, 0.3) is 0 Å². The van der Waals surface area contributed by atoms with Gasteiger partial charge >= 0.3 is 6.03 Å². The normalized spacial score (nSPS) is 23.0. The van der Waals surface area contributed by atoms with Gasteiger partial charge in [-0.1, -0.05) is 6.92 Å². The van der Waals surface area contributed by atoms with Gasteiger partial charge in [0.1, 0.15) is 5.82 Å². The number of hydrogen-bond donors (Lipinski definition) is 2. The Morgan fingerprint density at radius 1 is 1.38 bits per heavy atom. The van der Waals surface area contributed by atoms with Gasteiger partial charge in [-0.15, -0.1) is 0 Å². The molecule has 21 heavy (non-hydrogen) atoms. The Balaban J connectivity index is 1.55. The SMILES string of the molecule is CCc1nc2n(n1)CC(NC(=O)N1CCC(O)CC1)CC2. The number of fused-ring (bicyclic) bond motifs is 1. The molecule has 3 rings (SSSR count). The van der Waals surface area contributed by atoms with E-state index in [1.54, 1.807) is 4.90 Å². The number of nitrogens with one attached hydrogen (secondary N) is 1. The number of nitrogens with zero attached hydrogens (tertiary/aromatic N) is 4. The Bertz CT molecular complexity index is 507. The van der Waals surface area contributed by atoms with Crippen LogP contribution in [0, 0.1) is 0 Å². The molecule has 2 aliphatic rings. The number of piperidine rings is 1. The second-order valence-corrected chi connectivity index (χ2v) is 5.88. The van der Waals surface area contributed by atoms with Crippen molar-refractivity contribution < 1.29 is 9.90 Å². The molecule has 0 radical (unpaired) electrons. The van der Waals surface area contributed by atoms with Crippen molar-refractivity contribution in [2.45, 2.75) is 57.7 Å². The van der Waals surface area contributed by atoms with E-state index in [0.29, 0.717) is 32.5 Å². The first-order valence-electron chi connectivity index (χ1n) is 7.81. The monoisotopic (exact) mass is 293 g/mol. The van der Waals surface area contributed by atoms with Crippen LogP contribution in [0.4, 0.5) is 4.79 Å². The number of carbonyl (C=O) groups excluding carboxylic acids is 1. The molecule has 7 heteroatoms. The zero-order valence-corrected chi connectivity index (χ0v) is 12.5. The fourth-order valence-electron chi connectivity index (χ4n) is 2.96. The molecule has 0 aromatic carbocycles. The number of amides is 2. The van der Waals surface area contributed by atoms with Gasteiger partial charge in [0, 0.05) is 25.9 Å². The van der Waals surface area contributed by atoms with Gasteiger partial charge in [-0.3, -0.25) is 0 Å². The number of likely N-dealkylation sites (tertiary alicyclic amines) is 1. The zero-order chi connectivity index (χ0) is 14.8. The van der Waals surface area contributed by atoms with Gasteiger partial charge in [-0.2, -0.15) is 5.10 Å². The highest BCUT2D eigenvalue weighted by atomic mass is 16.3. The number of aryl methyl sites for hydroxylation is 2. The summed E-state index contributed by atoms with van der Waals surface area (Å²) in [5, 5.41) is 17.0. The Kier molecular flexibility index (Phi) is 4.10. The predicted octanol–water partition coefficient (Wildman–Crippen LogP) is 0.322. The highest BCUT2D eigenvalue weighted by Crippen LogP contribution is 2.15. The second-order valence-electron chi connectivity index (χ2n) is 5.88. The summed E-state index contributed by atoms with van der Waals surface area (Å²) in [5.74, 6) is 1.90. The summed E-state index contributed by atoms with van der Waals surface area (Å²) in [6.07, 6.45) is 3.69. The van der Waals surface area contributed by atoms with Gasteiger partial charge in [0.05, 0.1) is 18.7 Å². The molecule has 3 heterocycles. The minimum absolute atomic E-state index is 0.0221. The third kappa shape index (κ3) is 3.18. The van der Waals surface area contributed by atoms with Crippen molar-refractivity contribution in [3.05, 3.63) is 11.6 Å². The summed E-state index contributed by atoms with van der Waals surface area (Å²) >= 11 is 0. The second kappa shape index (κ2) is 6.01. The van der Waals surface area contributed by atoms with E-state index in [2.05, 4.69) is 15.4 Å². The average Bonchev–Trinajstić information content (AvgIpc) is 2.90. The molecule has 7 nitrogen and oxygen atoms in total. The molecule has 1 saturated heterocycles. The van der Waals surface area contributed by atoms with E-state index < -0.39 is 0 Å². The minimum Gasteiger partial charge on any atom is -0.393 e. The number of carbonyl (C=O) groups is 1. The topological polar surface area (TPSA) is 83.3 Å². The minimum atomic E-state index is -0.256. The lowest BCUT2D eigenvalue weighted by atomic mass is 10.1. The fourth-order valence-corrected chi connectivity index (χ4v) is 2.96. The molecule has 1 atom stereocenters. The molecule has 0 bridgehead atoms. The van der Waals surface area contributed by atoms with E-state index in [9.17, 15) is 9.90 Å². The molecule has 2 N–H and O–H groups in total. The molecule has 1 aromatic rings. The van der Waals surface area contributed by atoms with Crippen molar-refractivity contribution >= 4 is 6.03 Å². The maximum atomic E-state index is 12.2. The van der Waals surface area contributed by atoms with Crippen molar-refractivity contribution in [1.82, 2.24) is 25.0 Å². The summed E-state index contributed by atoms with van der Waals surface area (Å²) < 4.78 is 1.92. The molecule has 2 amide bonds. The highest BCUT2D eigenvalue weighted by molar-refractivity contribution is 5.74. The van der Waals surface area contributed by atoms with Crippen LogP contribution >= 0.6 is 0 Å². The average molecular weight is 293 g/mol. The zero-order valence-electron chi connectivity index (χ0n) is 12.5. The summed E-state index contributed by atoms with van der Waals surface area (Å²) in [4.78, 5) is 18.5. The largest absolute Gasteiger partial charge is 0.393 e. The van der Waals surface area contributed by atoms with E-state index in [1.807, 2.05) is 11.6 Å². The predicted molar refractivity (Wildman–Crippen MR) is 76.9 cm³/mol. The number of aliphatic hydroxyl groups excluding tert-OH is 1. The molecule has 1 unspecified atom stereocenters. The van der Waals surface area contributed by atoms with Crippen LogP contribution in [0.2, 0.25) is 0 Å². The Morgan fingerprint density at radius 2 is 2.14 bits per heavy atom. The smallest absolute Gasteiger partial charge is 0.317 e. The molecule has 116 valence electrons. The molecule has 0 saturated carbocycles. The summed E-state index contributed by atoms with van der Waals surface area (Å²) in [6, 6.07) is 0.0921. The van der Waals surface area contributed by atoms with Crippen LogP contribution < -0.4 is 5.32 Å². The van der Waals surface area contributed by atoms with E-state index in [4.69, 9.17) is 0 Å². The summed E-state index contributed by atoms with van der Waals surface area (Å²) in [5.41, 5.74) is 0. The molecule has 2 aliphatic heterocycles. The van der Waals surface area contributed by atoms with Gasteiger partial charge in [0.2, 0.25) is 0 Å². The molecule has 0 spiro atoms. The van der Waals surface area contributed by atoms with Gasteiger partial charge in [-0.05, 0) is 19.3 Å². The first-order valence-corrected chi connectivity index (χ1v) is 7.81. The first kappa shape index (κ1) is 14.3. The van der Waals surface area contributed by atoms with E-state index in [0.717, 1.165) is 30.9 Å². The molecular weight excluding hydrogens is 270 g/mol. The highest BCUT2D eigenvalue weighted by Gasteiger charge is 2.26. The van der Waals surface area contributed by atoms with Crippen molar-refractivity contribution in [1.29, 1.82) is 0 Å². The van der Waals surface area contributed by atoms with Gasteiger partial charge in [0.15, 0.2) is 5.82 Å². The lowest BCUT2D eigenvalue weighted by molar-refractivity contribution is 0.0922. The van der Waals surface area contributed by atoms with E-state index >= 15 is 0 Å². The van der Waals surface area contributed by atoms with Crippen LogP contribution in [0.3, 0.4) is 0 Å². The third-order valence-corrected chi connectivity index (χ3v) is 4.30. The molecule has 0 aliphatic carbocycles. The maximum Gasteiger partial charge on any atom is 0.317 e. The molecule has 1 aromatic heterocycles. The van der Waals surface area contributed by atoms with Crippen molar-refractivity contribution in [3.8, 4) is 0 Å². The van der Waals surface area contributed by atoms with Crippen LogP contribution in [-0.4, -0.2) is 56.0 Å². The van der Waals surface area contributed by atoms with Gasteiger partial charge in [-0.25, -0.2) is 14.5 Å². The van der Waals surface area contributed by atoms with Gasteiger partial charge in [0.25, 0.3) is 0 Å². The lowest BCUT2D eigenvalue weighted by Crippen LogP contribution is -2.50. The quantitative estimate of drug-likeness (QED) is 0.822. The van der Waals surface area contributed by atoms with Crippen molar-refractivity contribution in [2.75, 3.05) is 13.1 Å². The fraction of sp³-hybridized carbons (Fsp3) is 0.786. The maximum absolute atomic E-state index is 12.2. The Labute approximate surface area is 124 Å².